The minimum atomic E-state index is -0.258. The lowest BCUT2D eigenvalue weighted by Gasteiger charge is -2.16. The van der Waals surface area contributed by atoms with E-state index in [1.54, 1.807) is 0 Å². The maximum atomic E-state index is 5.93. The van der Waals surface area contributed by atoms with E-state index in [-0.39, 0.29) is 7.92 Å². The van der Waals surface area contributed by atoms with Gasteiger partial charge in [-0.3, -0.25) is 0 Å². The molecule has 0 saturated heterocycles. The molecule has 0 fully saturated rings. The molecule has 0 amide bonds. The summed E-state index contributed by atoms with van der Waals surface area (Å²) in [5.74, 6) is 1.07. The Labute approximate surface area is 142 Å². The van der Waals surface area contributed by atoms with E-state index in [9.17, 15) is 0 Å². The highest BCUT2D eigenvalue weighted by molar-refractivity contribution is 7.65. The van der Waals surface area contributed by atoms with Gasteiger partial charge in [0.1, 0.15) is 12.1 Å². The molecule has 0 radical (unpaired) electrons. The van der Waals surface area contributed by atoms with Crippen LogP contribution in [0, 0.1) is 0 Å². The Bertz CT molecular complexity index is 1030. The van der Waals surface area contributed by atoms with Crippen LogP contribution in [0.2, 0.25) is 0 Å². The van der Waals surface area contributed by atoms with Crippen LogP contribution in [0.5, 0.6) is 5.75 Å². The first-order valence-corrected chi connectivity index (χ1v) is 10.2. The molecule has 4 aromatic rings. The van der Waals surface area contributed by atoms with Gasteiger partial charge in [0.2, 0.25) is 0 Å². The van der Waals surface area contributed by atoms with Crippen molar-refractivity contribution >= 4 is 34.8 Å². The Morgan fingerprint density at radius 3 is 2.17 bits per heavy atom. The van der Waals surface area contributed by atoms with Crippen LogP contribution in [0.15, 0.2) is 72.8 Å². The summed E-state index contributed by atoms with van der Waals surface area (Å²) < 4.78 is 5.93. The van der Waals surface area contributed by atoms with Gasteiger partial charge in [0.15, 0.2) is 0 Å². The molecule has 0 N–H and O–H groups in total. The third-order valence-corrected chi connectivity index (χ3v) is 6.58. The lowest BCUT2D eigenvalue weighted by molar-refractivity contribution is 0.402. The van der Waals surface area contributed by atoms with Gasteiger partial charge in [0.05, 0.1) is 0 Å². The zero-order valence-electron chi connectivity index (χ0n) is 13.5. The van der Waals surface area contributed by atoms with Crippen LogP contribution in [0.1, 0.15) is 0 Å². The van der Waals surface area contributed by atoms with Gasteiger partial charge in [-0.15, -0.1) is 0 Å². The van der Waals surface area contributed by atoms with Gasteiger partial charge in [-0.05, 0) is 59.4 Å². The van der Waals surface area contributed by atoms with Crippen molar-refractivity contribution in [3.63, 3.8) is 0 Å². The normalized spacial score (nSPS) is 16.3. The van der Waals surface area contributed by atoms with Gasteiger partial charge < -0.3 is 4.74 Å². The molecule has 2 heteroatoms. The maximum absolute atomic E-state index is 5.93. The van der Waals surface area contributed by atoms with E-state index in [0.717, 1.165) is 12.1 Å². The lowest BCUT2D eigenvalue weighted by atomic mass is 9.92. The van der Waals surface area contributed by atoms with Crippen molar-refractivity contribution in [2.45, 2.75) is 0 Å². The molecular weight excluding hydrogens is 311 g/mol. The minimum absolute atomic E-state index is 0.258. The first-order valence-electron chi connectivity index (χ1n) is 8.21. The van der Waals surface area contributed by atoms with Crippen molar-refractivity contribution in [3.05, 3.63) is 72.8 Å². The van der Waals surface area contributed by atoms with E-state index in [0.29, 0.717) is 0 Å². The van der Waals surface area contributed by atoms with E-state index in [1.807, 2.05) is 0 Å². The number of hydrogen-bond acceptors (Lipinski definition) is 1. The molecule has 0 spiro atoms. The summed E-state index contributed by atoms with van der Waals surface area (Å²) >= 11 is 0. The van der Waals surface area contributed by atoms with Gasteiger partial charge >= 0.3 is 0 Å². The van der Waals surface area contributed by atoms with Crippen LogP contribution in [0.4, 0.5) is 0 Å². The molecule has 1 heterocycles. The Kier molecular flexibility index (Phi) is 3.11. The lowest BCUT2D eigenvalue weighted by Crippen LogP contribution is -2.02. The summed E-state index contributed by atoms with van der Waals surface area (Å²) in [6.45, 7) is 2.32. The zero-order chi connectivity index (χ0) is 16.1. The summed E-state index contributed by atoms with van der Waals surface area (Å²) in [6.07, 6.45) is 0.838. The van der Waals surface area contributed by atoms with E-state index < -0.39 is 0 Å². The second kappa shape index (κ2) is 5.33. The standard InChI is InChI=1S/C22H17OP/c1-24-14-23-20-12-6-11-19(22(20)24)21-17-9-4-2-7-15(17)13-16-8-3-5-10-18(16)21/h2-13H,14H2,1H3. The molecule has 1 aliphatic heterocycles. The predicted octanol–water partition coefficient (Wildman–Crippen LogP) is 5.75. The van der Waals surface area contributed by atoms with Crippen molar-refractivity contribution in [2.24, 2.45) is 0 Å². The SMILES string of the molecule is CP1COc2cccc(-c3c4ccccc4cc4ccccc34)c21. The molecular formula is C22H17OP. The summed E-state index contributed by atoms with van der Waals surface area (Å²) in [5, 5.41) is 6.64. The highest BCUT2D eigenvalue weighted by atomic mass is 31.1. The molecule has 1 aliphatic rings. The first kappa shape index (κ1) is 14.0. The molecule has 0 aliphatic carbocycles. The van der Waals surface area contributed by atoms with Crippen molar-refractivity contribution in [3.8, 4) is 16.9 Å². The average Bonchev–Trinajstić information content (AvgIpc) is 3.01. The third-order valence-electron chi connectivity index (χ3n) is 4.84. The molecule has 0 bridgehead atoms. The van der Waals surface area contributed by atoms with Gasteiger partial charge in [0, 0.05) is 5.30 Å². The van der Waals surface area contributed by atoms with Crippen molar-refractivity contribution in [1.82, 2.24) is 0 Å². The highest BCUT2D eigenvalue weighted by Crippen LogP contribution is 2.46. The summed E-state index contributed by atoms with van der Waals surface area (Å²) in [5.41, 5.74) is 2.69. The fourth-order valence-electron chi connectivity index (χ4n) is 3.77. The molecule has 0 saturated carbocycles. The van der Waals surface area contributed by atoms with Crippen LogP contribution in [-0.2, 0) is 0 Å². The topological polar surface area (TPSA) is 9.23 Å². The monoisotopic (exact) mass is 328 g/mol. The smallest absolute Gasteiger partial charge is 0.128 e. The number of hydrogen-bond donors (Lipinski definition) is 0. The zero-order valence-corrected chi connectivity index (χ0v) is 14.4. The van der Waals surface area contributed by atoms with Gasteiger partial charge in [-0.1, -0.05) is 60.7 Å². The van der Waals surface area contributed by atoms with E-state index in [2.05, 4.69) is 79.5 Å². The molecule has 5 rings (SSSR count). The van der Waals surface area contributed by atoms with E-state index >= 15 is 0 Å². The number of ether oxygens (including phenoxy) is 1. The first-order chi connectivity index (χ1) is 11.8. The molecule has 24 heavy (non-hydrogen) atoms. The summed E-state index contributed by atoms with van der Waals surface area (Å²) in [4.78, 5) is 0. The Morgan fingerprint density at radius 1 is 0.792 bits per heavy atom. The quantitative estimate of drug-likeness (QED) is 0.319. The number of rotatable bonds is 1. The van der Waals surface area contributed by atoms with Crippen LogP contribution < -0.4 is 10.0 Å². The predicted molar refractivity (Wildman–Crippen MR) is 105 cm³/mol. The van der Waals surface area contributed by atoms with Gasteiger partial charge in [-0.2, -0.15) is 0 Å². The molecule has 0 aromatic heterocycles. The summed E-state index contributed by atoms with van der Waals surface area (Å²) in [7, 11) is -0.258. The second-order valence-electron chi connectivity index (χ2n) is 6.32. The summed E-state index contributed by atoms with van der Waals surface area (Å²) in [6, 6.07) is 26.2. The molecule has 1 nitrogen and oxygen atoms in total. The molecule has 116 valence electrons. The number of benzene rings is 4. The third kappa shape index (κ3) is 1.98. The fraction of sp³-hybridized carbons (Fsp3) is 0.0909. The molecule has 1 atom stereocenters. The van der Waals surface area contributed by atoms with Crippen LogP contribution >= 0.6 is 7.92 Å². The van der Waals surface area contributed by atoms with Gasteiger partial charge in [-0.25, -0.2) is 0 Å². The van der Waals surface area contributed by atoms with E-state index in [4.69, 9.17) is 4.74 Å². The molecule has 1 unspecified atom stereocenters. The largest absolute Gasteiger partial charge is 0.488 e. The van der Waals surface area contributed by atoms with Crippen LogP contribution in [0.3, 0.4) is 0 Å². The highest BCUT2D eigenvalue weighted by Gasteiger charge is 2.25. The van der Waals surface area contributed by atoms with Crippen LogP contribution in [0.25, 0.3) is 32.7 Å². The Hall–Kier alpha value is -2.37. The van der Waals surface area contributed by atoms with Crippen LogP contribution in [-0.4, -0.2) is 13.0 Å². The number of fused-ring (bicyclic) bond motifs is 3. The van der Waals surface area contributed by atoms with Crippen molar-refractivity contribution < 1.29 is 4.74 Å². The fourth-order valence-corrected chi connectivity index (χ4v) is 5.34. The molecule has 4 aromatic carbocycles. The Morgan fingerprint density at radius 2 is 1.46 bits per heavy atom. The Balaban J connectivity index is 1.98. The van der Waals surface area contributed by atoms with E-state index in [1.165, 1.54) is 38.0 Å². The van der Waals surface area contributed by atoms with Crippen molar-refractivity contribution in [1.29, 1.82) is 0 Å². The van der Waals surface area contributed by atoms with Crippen molar-refractivity contribution in [2.75, 3.05) is 13.0 Å². The second-order valence-corrected chi connectivity index (χ2v) is 8.42. The maximum Gasteiger partial charge on any atom is 0.128 e. The average molecular weight is 328 g/mol. The van der Waals surface area contributed by atoms with Gasteiger partial charge in [0.25, 0.3) is 0 Å². The minimum Gasteiger partial charge on any atom is -0.488 e.